The van der Waals surface area contributed by atoms with Crippen molar-refractivity contribution < 1.29 is 9.47 Å². The van der Waals surface area contributed by atoms with Crippen molar-refractivity contribution in [3.8, 4) is 11.5 Å². The second-order valence-electron chi connectivity index (χ2n) is 5.75. The minimum Gasteiger partial charge on any atom is -0.486 e. The second-order valence-corrected chi connectivity index (χ2v) is 5.75. The molecule has 0 bridgehead atoms. The van der Waals surface area contributed by atoms with E-state index in [1.165, 1.54) is 0 Å². The molecule has 0 spiro atoms. The van der Waals surface area contributed by atoms with Crippen LogP contribution in [0.5, 0.6) is 11.5 Å². The molecule has 2 aromatic rings. The molecule has 116 valence electrons. The van der Waals surface area contributed by atoms with Crippen molar-refractivity contribution in [2.45, 2.75) is 38.8 Å². The molecule has 1 aromatic carbocycles. The van der Waals surface area contributed by atoms with Gasteiger partial charge in [-0.15, -0.1) is 5.10 Å². The van der Waals surface area contributed by atoms with E-state index >= 15 is 0 Å². The highest BCUT2D eigenvalue weighted by Gasteiger charge is 2.20. The van der Waals surface area contributed by atoms with Gasteiger partial charge in [0.1, 0.15) is 18.5 Å². The Morgan fingerprint density at radius 2 is 1.95 bits per heavy atom. The summed E-state index contributed by atoms with van der Waals surface area (Å²) in [6, 6.07) is 12.1. The number of nitrogens with zero attached hydrogens (tertiary/aromatic N) is 2. The van der Waals surface area contributed by atoms with Crippen molar-refractivity contribution in [3.05, 3.63) is 42.1 Å². The summed E-state index contributed by atoms with van der Waals surface area (Å²) in [5.74, 6) is 2.45. The SMILES string of the molecule is CC(C)Nc1ccc(CCC2COc3ccccc3O2)nn1. The molecule has 0 radical (unpaired) electrons. The van der Waals surface area contributed by atoms with Crippen LogP contribution in [0, 0.1) is 0 Å². The van der Waals surface area contributed by atoms with Crippen molar-refractivity contribution in [1.29, 1.82) is 0 Å². The van der Waals surface area contributed by atoms with E-state index in [1.807, 2.05) is 36.4 Å². The van der Waals surface area contributed by atoms with Gasteiger partial charge in [-0.3, -0.25) is 0 Å². The maximum absolute atomic E-state index is 5.94. The van der Waals surface area contributed by atoms with Crippen molar-refractivity contribution in [2.24, 2.45) is 0 Å². The third kappa shape index (κ3) is 3.67. The number of nitrogens with one attached hydrogen (secondary N) is 1. The van der Waals surface area contributed by atoms with E-state index in [0.717, 1.165) is 35.9 Å². The molecule has 1 atom stereocenters. The maximum atomic E-state index is 5.94. The average Bonchev–Trinajstić information content (AvgIpc) is 2.53. The van der Waals surface area contributed by atoms with Crippen LogP contribution in [0.3, 0.4) is 0 Å². The predicted octanol–water partition coefficient (Wildman–Crippen LogP) is 3.07. The standard InChI is InChI=1S/C17H21N3O2/c1-12(2)18-17-10-8-13(19-20-17)7-9-14-11-21-15-5-3-4-6-16(15)22-14/h3-6,8,10,12,14H,7,9,11H2,1-2H3,(H,18,20). The van der Waals surface area contributed by atoms with Gasteiger partial charge in [0.05, 0.1) is 5.69 Å². The van der Waals surface area contributed by atoms with Gasteiger partial charge in [0.2, 0.25) is 0 Å². The van der Waals surface area contributed by atoms with E-state index < -0.39 is 0 Å². The molecule has 1 aromatic heterocycles. The molecule has 1 unspecified atom stereocenters. The first-order valence-corrected chi connectivity index (χ1v) is 7.68. The lowest BCUT2D eigenvalue weighted by molar-refractivity contribution is 0.0849. The van der Waals surface area contributed by atoms with Crippen LogP contribution in [0.2, 0.25) is 0 Å². The number of hydrogen-bond acceptors (Lipinski definition) is 5. The number of aromatic nitrogens is 2. The minimum absolute atomic E-state index is 0.0603. The zero-order chi connectivity index (χ0) is 15.4. The van der Waals surface area contributed by atoms with Gasteiger partial charge in [-0.2, -0.15) is 5.10 Å². The molecule has 1 aliphatic heterocycles. The van der Waals surface area contributed by atoms with Crippen LogP contribution in [-0.2, 0) is 6.42 Å². The van der Waals surface area contributed by atoms with Crippen molar-refractivity contribution in [1.82, 2.24) is 10.2 Å². The fraction of sp³-hybridized carbons (Fsp3) is 0.412. The summed E-state index contributed by atoms with van der Waals surface area (Å²) < 4.78 is 11.7. The first-order valence-electron chi connectivity index (χ1n) is 7.68. The number of fused-ring (bicyclic) bond motifs is 1. The van der Waals surface area contributed by atoms with Crippen LogP contribution >= 0.6 is 0 Å². The Morgan fingerprint density at radius 3 is 2.68 bits per heavy atom. The summed E-state index contributed by atoms with van der Waals surface area (Å²) in [6.45, 7) is 4.74. The number of rotatable bonds is 5. The molecule has 1 N–H and O–H groups in total. The van der Waals surface area contributed by atoms with Crippen molar-refractivity contribution >= 4 is 5.82 Å². The zero-order valence-corrected chi connectivity index (χ0v) is 13.0. The van der Waals surface area contributed by atoms with Crippen LogP contribution in [0.1, 0.15) is 26.0 Å². The van der Waals surface area contributed by atoms with E-state index in [2.05, 4.69) is 29.4 Å². The number of benzene rings is 1. The summed E-state index contributed by atoms with van der Waals surface area (Å²) in [5, 5.41) is 11.7. The normalized spacial score (nSPS) is 16.6. The van der Waals surface area contributed by atoms with Gasteiger partial charge in [-0.05, 0) is 51.0 Å². The summed E-state index contributed by atoms with van der Waals surface area (Å²) in [6.07, 6.45) is 1.75. The van der Waals surface area contributed by atoms with Gasteiger partial charge in [0.25, 0.3) is 0 Å². The van der Waals surface area contributed by atoms with E-state index in [4.69, 9.17) is 9.47 Å². The van der Waals surface area contributed by atoms with Gasteiger partial charge in [0, 0.05) is 6.04 Å². The molecule has 2 heterocycles. The first-order chi connectivity index (χ1) is 10.7. The average molecular weight is 299 g/mol. The molecule has 5 heteroatoms. The molecule has 0 aliphatic carbocycles. The van der Waals surface area contributed by atoms with E-state index in [1.54, 1.807) is 0 Å². The number of hydrogen-bond donors (Lipinski definition) is 1. The maximum Gasteiger partial charge on any atom is 0.161 e. The minimum atomic E-state index is 0.0603. The number of para-hydroxylation sites is 2. The molecule has 0 saturated carbocycles. The molecule has 0 amide bonds. The zero-order valence-electron chi connectivity index (χ0n) is 13.0. The lowest BCUT2D eigenvalue weighted by Gasteiger charge is -2.26. The topological polar surface area (TPSA) is 56.3 Å². The summed E-state index contributed by atoms with van der Waals surface area (Å²) in [4.78, 5) is 0. The fourth-order valence-corrected chi connectivity index (χ4v) is 2.38. The van der Waals surface area contributed by atoms with Gasteiger partial charge in [0.15, 0.2) is 11.5 Å². The van der Waals surface area contributed by atoms with Crippen LogP contribution < -0.4 is 14.8 Å². The molecular weight excluding hydrogens is 278 g/mol. The molecule has 0 fully saturated rings. The first kappa shape index (κ1) is 14.6. The van der Waals surface area contributed by atoms with Crippen LogP contribution in [0.4, 0.5) is 5.82 Å². The van der Waals surface area contributed by atoms with Crippen molar-refractivity contribution in [2.75, 3.05) is 11.9 Å². The van der Waals surface area contributed by atoms with Crippen molar-refractivity contribution in [3.63, 3.8) is 0 Å². The fourth-order valence-electron chi connectivity index (χ4n) is 2.38. The number of aryl methyl sites for hydroxylation is 1. The highest BCUT2D eigenvalue weighted by atomic mass is 16.6. The van der Waals surface area contributed by atoms with Gasteiger partial charge in [-0.1, -0.05) is 12.1 Å². The molecule has 5 nitrogen and oxygen atoms in total. The summed E-state index contributed by atoms with van der Waals surface area (Å²) in [7, 11) is 0. The number of anilines is 1. The molecule has 22 heavy (non-hydrogen) atoms. The molecule has 3 rings (SSSR count). The smallest absolute Gasteiger partial charge is 0.161 e. The van der Waals surface area contributed by atoms with Crippen LogP contribution in [-0.4, -0.2) is 29.0 Å². The second kappa shape index (κ2) is 6.64. The Morgan fingerprint density at radius 1 is 1.14 bits per heavy atom. The highest BCUT2D eigenvalue weighted by molar-refractivity contribution is 5.40. The lowest BCUT2D eigenvalue weighted by atomic mass is 10.1. The summed E-state index contributed by atoms with van der Waals surface area (Å²) >= 11 is 0. The Labute approximate surface area is 130 Å². The van der Waals surface area contributed by atoms with Gasteiger partial charge >= 0.3 is 0 Å². The lowest BCUT2D eigenvalue weighted by Crippen LogP contribution is -2.29. The third-order valence-corrected chi connectivity index (χ3v) is 3.45. The Balaban J connectivity index is 1.53. The van der Waals surface area contributed by atoms with E-state index in [-0.39, 0.29) is 6.10 Å². The molecule has 0 saturated heterocycles. The number of ether oxygens (including phenoxy) is 2. The summed E-state index contributed by atoms with van der Waals surface area (Å²) in [5.41, 5.74) is 0.969. The van der Waals surface area contributed by atoms with Crippen LogP contribution in [0.25, 0.3) is 0 Å². The highest BCUT2D eigenvalue weighted by Crippen LogP contribution is 2.31. The Hall–Kier alpha value is -2.30. The quantitative estimate of drug-likeness (QED) is 0.919. The largest absolute Gasteiger partial charge is 0.486 e. The van der Waals surface area contributed by atoms with Crippen LogP contribution in [0.15, 0.2) is 36.4 Å². The molecule has 1 aliphatic rings. The molecular formula is C17H21N3O2. The van der Waals surface area contributed by atoms with Gasteiger partial charge < -0.3 is 14.8 Å². The van der Waals surface area contributed by atoms with E-state index in [0.29, 0.717) is 12.6 Å². The Kier molecular flexibility index (Phi) is 4.42. The van der Waals surface area contributed by atoms with E-state index in [9.17, 15) is 0 Å². The Bertz CT molecular complexity index is 614. The predicted molar refractivity (Wildman–Crippen MR) is 85.5 cm³/mol. The monoisotopic (exact) mass is 299 g/mol. The van der Waals surface area contributed by atoms with Gasteiger partial charge in [-0.25, -0.2) is 0 Å². The third-order valence-electron chi connectivity index (χ3n) is 3.45.